The van der Waals surface area contributed by atoms with Gasteiger partial charge >= 0.3 is 0 Å². The minimum atomic E-state index is -0.176. The zero-order valence-electron chi connectivity index (χ0n) is 32.5. The maximum absolute atomic E-state index is 6.54. The van der Waals surface area contributed by atoms with Gasteiger partial charge in [0.2, 0.25) is 0 Å². The number of fused-ring (bicyclic) bond motifs is 13. The molecule has 0 fully saturated rings. The van der Waals surface area contributed by atoms with Crippen molar-refractivity contribution in [1.29, 1.82) is 0 Å². The van der Waals surface area contributed by atoms with E-state index in [0.29, 0.717) is 5.82 Å². The van der Waals surface area contributed by atoms with Crippen LogP contribution in [0.4, 0.5) is 0 Å². The Labute approximate surface area is 339 Å². The van der Waals surface area contributed by atoms with E-state index in [1.807, 2.05) is 18.2 Å². The van der Waals surface area contributed by atoms with E-state index in [2.05, 4.69) is 176 Å². The smallest absolute Gasteiger partial charge is 0.161 e. The van der Waals surface area contributed by atoms with Gasteiger partial charge in [-0.25, -0.2) is 9.97 Å². The van der Waals surface area contributed by atoms with Crippen molar-refractivity contribution in [2.45, 2.75) is 19.3 Å². The first-order chi connectivity index (χ1) is 29.0. The van der Waals surface area contributed by atoms with Crippen LogP contribution in [0.1, 0.15) is 25.0 Å². The highest BCUT2D eigenvalue weighted by Gasteiger charge is 2.38. The Hall–Kier alpha value is -7.56. The summed E-state index contributed by atoms with van der Waals surface area (Å²) in [6.45, 7) is 4.78. The number of hydrogen-bond donors (Lipinski definition) is 0. The van der Waals surface area contributed by atoms with E-state index in [0.717, 1.165) is 66.1 Å². The third-order valence-electron chi connectivity index (χ3n) is 13.0. The highest BCUT2D eigenvalue weighted by atomic mass is 16.3. The van der Waals surface area contributed by atoms with Crippen molar-refractivity contribution < 1.29 is 4.42 Å². The van der Waals surface area contributed by atoms with Crippen molar-refractivity contribution in [3.63, 3.8) is 0 Å². The fourth-order valence-corrected chi connectivity index (χ4v) is 10.3. The van der Waals surface area contributed by atoms with Crippen LogP contribution in [0.15, 0.2) is 180 Å². The second kappa shape index (κ2) is 11.7. The van der Waals surface area contributed by atoms with E-state index >= 15 is 0 Å². The molecule has 0 radical (unpaired) electrons. The number of nitrogens with zero attached hydrogens (tertiary/aromatic N) is 3. The van der Waals surface area contributed by atoms with Crippen LogP contribution < -0.4 is 0 Å². The third kappa shape index (κ3) is 4.43. The first-order valence-electron chi connectivity index (χ1n) is 20.3. The van der Waals surface area contributed by atoms with Crippen LogP contribution in [0.2, 0.25) is 0 Å². The van der Waals surface area contributed by atoms with E-state index in [9.17, 15) is 0 Å². The fourth-order valence-electron chi connectivity index (χ4n) is 10.3. The summed E-state index contributed by atoms with van der Waals surface area (Å²) in [4.78, 5) is 10.7. The quantitative estimate of drug-likeness (QED) is 0.180. The second-order valence-corrected chi connectivity index (χ2v) is 16.5. The second-order valence-electron chi connectivity index (χ2n) is 16.5. The maximum atomic E-state index is 6.54. The molecule has 0 atom stereocenters. The molecule has 276 valence electrons. The Morgan fingerprint density at radius 2 is 1.15 bits per heavy atom. The number of aromatic nitrogens is 3. The van der Waals surface area contributed by atoms with Gasteiger partial charge in [-0.3, -0.25) is 0 Å². The van der Waals surface area contributed by atoms with Gasteiger partial charge in [0.05, 0.1) is 27.9 Å². The zero-order chi connectivity index (χ0) is 39.0. The summed E-state index contributed by atoms with van der Waals surface area (Å²) in [7, 11) is 0. The summed E-state index contributed by atoms with van der Waals surface area (Å²) < 4.78 is 9.02. The van der Waals surface area contributed by atoms with E-state index in [4.69, 9.17) is 14.4 Å². The summed E-state index contributed by atoms with van der Waals surface area (Å²) in [6.07, 6.45) is 0. The molecule has 0 unspecified atom stereocenters. The average molecular weight is 754 g/mol. The number of hydrogen-bond acceptors (Lipinski definition) is 3. The molecule has 0 aliphatic heterocycles. The summed E-state index contributed by atoms with van der Waals surface area (Å²) in [5.41, 5.74) is 14.2. The predicted octanol–water partition coefficient (Wildman–Crippen LogP) is 14.6. The van der Waals surface area contributed by atoms with Gasteiger partial charge in [-0.15, -0.1) is 0 Å². The van der Waals surface area contributed by atoms with Gasteiger partial charge in [0, 0.05) is 48.9 Å². The number of para-hydroxylation sites is 4. The van der Waals surface area contributed by atoms with Crippen LogP contribution in [-0.4, -0.2) is 14.5 Å². The molecule has 3 aromatic heterocycles. The number of rotatable bonds is 3. The molecule has 3 heterocycles. The van der Waals surface area contributed by atoms with Crippen LogP contribution in [0.25, 0.3) is 116 Å². The van der Waals surface area contributed by atoms with Gasteiger partial charge in [-0.1, -0.05) is 141 Å². The summed E-state index contributed by atoms with van der Waals surface area (Å²) in [6, 6.07) is 63.3. The van der Waals surface area contributed by atoms with E-state index in [1.54, 1.807) is 0 Å². The third-order valence-corrected chi connectivity index (χ3v) is 13.0. The van der Waals surface area contributed by atoms with Crippen LogP contribution in [0.5, 0.6) is 0 Å². The molecule has 4 heteroatoms. The fraction of sp³-hybridized carbons (Fsp3) is 0.0545. The Morgan fingerprint density at radius 1 is 0.458 bits per heavy atom. The van der Waals surface area contributed by atoms with Crippen molar-refractivity contribution in [2.24, 2.45) is 0 Å². The Bertz CT molecular complexity index is 3770. The maximum Gasteiger partial charge on any atom is 0.161 e. The van der Waals surface area contributed by atoms with Gasteiger partial charge in [-0.05, 0) is 86.9 Å². The lowest BCUT2D eigenvalue weighted by Crippen LogP contribution is -2.15. The molecule has 0 bridgehead atoms. The molecule has 0 N–H and O–H groups in total. The van der Waals surface area contributed by atoms with Crippen molar-refractivity contribution in [1.82, 2.24) is 14.5 Å². The first kappa shape index (κ1) is 32.5. The average Bonchev–Trinajstić information content (AvgIpc) is 3.90. The van der Waals surface area contributed by atoms with Crippen molar-refractivity contribution in [3.05, 3.63) is 187 Å². The van der Waals surface area contributed by atoms with E-state index < -0.39 is 0 Å². The highest BCUT2D eigenvalue weighted by molar-refractivity contribution is 6.15. The normalized spacial score (nSPS) is 13.4. The molecule has 0 amide bonds. The van der Waals surface area contributed by atoms with Crippen molar-refractivity contribution in [3.8, 4) is 39.5 Å². The molecule has 12 aromatic rings. The lowest BCUT2D eigenvalue weighted by Gasteiger charge is -2.23. The molecule has 4 nitrogen and oxygen atoms in total. The zero-order valence-corrected chi connectivity index (χ0v) is 32.5. The predicted molar refractivity (Wildman–Crippen MR) is 245 cm³/mol. The Balaban J connectivity index is 1.04. The SMILES string of the molecule is CC1(C)c2cc3c(cc2-c2ccc4ccccc4c21)c1ccccc1n3-c1ccc(-c2nc(-c3cccc4c3oc3ccccc34)c3ccccc3n2)c2ccccc12. The molecule has 1 aliphatic rings. The molecule has 0 spiro atoms. The molecule has 13 rings (SSSR count). The molecular formula is C55H35N3O. The van der Waals surface area contributed by atoms with Gasteiger partial charge in [0.25, 0.3) is 0 Å². The van der Waals surface area contributed by atoms with Crippen LogP contribution in [0.3, 0.4) is 0 Å². The summed E-state index contributed by atoms with van der Waals surface area (Å²) in [5, 5.41) is 10.5. The molecule has 0 saturated carbocycles. The lowest BCUT2D eigenvalue weighted by molar-refractivity contribution is 0.667. The van der Waals surface area contributed by atoms with Crippen molar-refractivity contribution >= 4 is 76.2 Å². The first-order valence-corrected chi connectivity index (χ1v) is 20.3. The van der Waals surface area contributed by atoms with Gasteiger partial charge in [0.15, 0.2) is 5.82 Å². The Kier molecular flexibility index (Phi) is 6.48. The van der Waals surface area contributed by atoms with Crippen LogP contribution in [0, 0.1) is 0 Å². The van der Waals surface area contributed by atoms with Crippen LogP contribution >= 0.6 is 0 Å². The van der Waals surface area contributed by atoms with Gasteiger partial charge < -0.3 is 8.98 Å². The molecule has 1 aliphatic carbocycles. The summed E-state index contributed by atoms with van der Waals surface area (Å²) in [5.74, 6) is 0.682. The van der Waals surface area contributed by atoms with Crippen LogP contribution in [-0.2, 0) is 5.41 Å². The van der Waals surface area contributed by atoms with E-state index in [-0.39, 0.29) is 5.41 Å². The molecule has 9 aromatic carbocycles. The van der Waals surface area contributed by atoms with Crippen molar-refractivity contribution in [2.75, 3.05) is 0 Å². The monoisotopic (exact) mass is 753 g/mol. The molecule has 59 heavy (non-hydrogen) atoms. The van der Waals surface area contributed by atoms with E-state index in [1.165, 1.54) is 54.8 Å². The lowest BCUT2D eigenvalue weighted by atomic mass is 9.80. The Morgan fingerprint density at radius 3 is 2.03 bits per heavy atom. The highest BCUT2D eigenvalue weighted by Crippen LogP contribution is 2.53. The van der Waals surface area contributed by atoms with Gasteiger partial charge in [-0.2, -0.15) is 0 Å². The standard InChI is InChI=1S/C55H35N3O/c1-55(2)45-31-49-44(30-43(45)38-27-26-32-14-3-4-15-33(32)51(38)55)36-18-8-11-24-47(36)58(49)48-29-28-40(34-16-5-6-17-35(34)48)54-56-46-23-10-7-20-41(46)52(57-54)42-22-13-21-39-37-19-9-12-25-50(37)59-53(39)42/h3-31H,1-2H3. The minimum absolute atomic E-state index is 0.176. The molecule has 0 saturated heterocycles. The van der Waals surface area contributed by atoms with Gasteiger partial charge in [0.1, 0.15) is 11.2 Å². The number of furan rings is 1. The molecular weight excluding hydrogens is 719 g/mol. The minimum Gasteiger partial charge on any atom is -0.455 e. The largest absolute Gasteiger partial charge is 0.455 e. The summed E-state index contributed by atoms with van der Waals surface area (Å²) >= 11 is 0. The number of benzene rings is 9. The topological polar surface area (TPSA) is 43.9 Å².